The Hall–Kier alpha value is -3.51. The molecule has 0 atom stereocenters. The first-order valence-electron chi connectivity index (χ1n) is 11.4. The maximum Gasteiger partial charge on any atom is 0.237 e. The Morgan fingerprint density at radius 1 is 1.03 bits per heavy atom. The van der Waals surface area contributed by atoms with Crippen LogP contribution >= 0.6 is 11.8 Å². The number of methoxy groups -OCH3 is 1. The van der Waals surface area contributed by atoms with Crippen molar-refractivity contribution in [3.63, 3.8) is 0 Å². The number of fused-ring (bicyclic) bond motifs is 1. The van der Waals surface area contributed by atoms with E-state index >= 15 is 0 Å². The average molecular weight is 470 g/mol. The number of thioether (sulfide) groups is 1. The van der Waals surface area contributed by atoms with Crippen LogP contribution in [0.3, 0.4) is 0 Å². The number of para-hydroxylation sites is 1. The van der Waals surface area contributed by atoms with E-state index in [0.29, 0.717) is 5.75 Å². The van der Waals surface area contributed by atoms with E-state index in [1.807, 2.05) is 53.6 Å². The minimum atomic E-state index is 0.110. The molecular formula is C28H27N3O2S. The van der Waals surface area contributed by atoms with Crippen LogP contribution in [0, 0.1) is 6.92 Å². The van der Waals surface area contributed by atoms with Gasteiger partial charge in [-0.3, -0.25) is 9.36 Å². The molecule has 0 aliphatic carbocycles. The number of amides is 1. The van der Waals surface area contributed by atoms with Crippen LogP contribution in [0.25, 0.3) is 16.9 Å². The predicted octanol–water partition coefficient (Wildman–Crippen LogP) is 5.93. The van der Waals surface area contributed by atoms with E-state index in [9.17, 15) is 4.79 Å². The summed E-state index contributed by atoms with van der Waals surface area (Å²) in [6.07, 6.45) is 4.05. The largest absolute Gasteiger partial charge is 0.497 e. The predicted molar refractivity (Wildman–Crippen MR) is 138 cm³/mol. The Balaban J connectivity index is 1.43. The Kier molecular flexibility index (Phi) is 6.41. The average Bonchev–Trinajstić information content (AvgIpc) is 3.31. The Bertz CT molecular complexity index is 1300. The van der Waals surface area contributed by atoms with Gasteiger partial charge in [0.15, 0.2) is 5.16 Å². The van der Waals surface area contributed by atoms with Gasteiger partial charge in [-0.2, -0.15) is 0 Å². The van der Waals surface area contributed by atoms with Gasteiger partial charge >= 0.3 is 0 Å². The zero-order valence-corrected chi connectivity index (χ0v) is 20.2. The number of carbonyl (C=O) groups excluding carboxylic acids is 1. The molecule has 0 saturated heterocycles. The second kappa shape index (κ2) is 9.77. The van der Waals surface area contributed by atoms with Crippen molar-refractivity contribution in [3.8, 4) is 22.7 Å². The summed E-state index contributed by atoms with van der Waals surface area (Å²) in [6, 6.07) is 24.4. The molecule has 1 amide bonds. The molecule has 172 valence electrons. The zero-order chi connectivity index (χ0) is 23.5. The van der Waals surface area contributed by atoms with Crippen molar-refractivity contribution in [2.75, 3.05) is 24.3 Å². The summed E-state index contributed by atoms with van der Waals surface area (Å²) in [5.41, 5.74) is 6.40. The standard InChI is InChI=1S/C28H27N3O2S/c1-20-9-11-21(12-10-20)25-18-31(23-13-15-24(33-2)16-14-23)28(29-25)34-19-27(32)30-17-5-7-22-6-3-4-8-26(22)30/h3-4,6,8-16,18H,5,7,17,19H2,1-2H3. The number of hydrogen-bond donors (Lipinski definition) is 0. The summed E-state index contributed by atoms with van der Waals surface area (Å²) in [5.74, 6) is 1.24. The van der Waals surface area contributed by atoms with Gasteiger partial charge in [-0.15, -0.1) is 0 Å². The van der Waals surface area contributed by atoms with Crippen LogP contribution in [0.2, 0.25) is 0 Å². The van der Waals surface area contributed by atoms with Crippen LogP contribution in [0.4, 0.5) is 5.69 Å². The molecule has 2 heterocycles. The molecule has 0 unspecified atom stereocenters. The third kappa shape index (κ3) is 4.59. The third-order valence-electron chi connectivity index (χ3n) is 6.11. The SMILES string of the molecule is COc1ccc(-n2cc(-c3ccc(C)cc3)nc2SCC(=O)N2CCCc3ccccc32)cc1. The number of aryl methyl sites for hydroxylation is 2. The fourth-order valence-corrected chi connectivity index (χ4v) is 5.12. The second-order valence-electron chi connectivity index (χ2n) is 8.41. The van der Waals surface area contributed by atoms with Crippen LogP contribution in [0.15, 0.2) is 84.1 Å². The van der Waals surface area contributed by atoms with E-state index in [1.54, 1.807) is 7.11 Å². The topological polar surface area (TPSA) is 47.4 Å². The van der Waals surface area contributed by atoms with Crippen molar-refractivity contribution in [2.24, 2.45) is 0 Å². The van der Waals surface area contributed by atoms with Crippen LogP contribution in [0.1, 0.15) is 17.5 Å². The van der Waals surface area contributed by atoms with Crippen LogP contribution in [0.5, 0.6) is 5.75 Å². The number of carbonyl (C=O) groups is 1. The van der Waals surface area contributed by atoms with E-state index in [0.717, 1.165) is 52.9 Å². The van der Waals surface area contributed by atoms with Gasteiger partial charge in [0.25, 0.3) is 0 Å². The number of imidazole rings is 1. The molecule has 1 aliphatic rings. The molecule has 4 aromatic rings. The third-order valence-corrected chi connectivity index (χ3v) is 7.05. The first kappa shape index (κ1) is 22.3. The number of hydrogen-bond acceptors (Lipinski definition) is 4. The Labute approximate surface area is 204 Å². The van der Waals surface area contributed by atoms with Crippen molar-refractivity contribution >= 4 is 23.4 Å². The first-order valence-corrected chi connectivity index (χ1v) is 12.4. The number of benzene rings is 3. The molecule has 5 rings (SSSR count). The monoisotopic (exact) mass is 469 g/mol. The summed E-state index contributed by atoms with van der Waals surface area (Å²) in [7, 11) is 1.66. The van der Waals surface area contributed by atoms with Gasteiger partial charge < -0.3 is 9.64 Å². The molecule has 1 aliphatic heterocycles. The minimum absolute atomic E-state index is 0.110. The summed E-state index contributed by atoms with van der Waals surface area (Å²) in [6.45, 7) is 2.84. The van der Waals surface area contributed by atoms with E-state index in [4.69, 9.17) is 9.72 Å². The summed E-state index contributed by atoms with van der Waals surface area (Å²) in [4.78, 5) is 20.1. The fraction of sp³-hybridized carbons (Fsp3) is 0.214. The number of aromatic nitrogens is 2. The van der Waals surface area contributed by atoms with Crippen molar-refractivity contribution in [3.05, 3.63) is 90.1 Å². The van der Waals surface area contributed by atoms with Crippen molar-refractivity contribution in [1.29, 1.82) is 0 Å². The summed E-state index contributed by atoms with van der Waals surface area (Å²) < 4.78 is 7.37. The highest BCUT2D eigenvalue weighted by Gasteiger charge is 2.23. The number of ether oxygens (including phenoxy) is 1. The van der Waals surface area contributed by atoms with E-state index in [1.165, 1.54) is 22.9 Å². The van der Waals surface area contributed by atoms with E-state index < -0.39 is 0 Å². The molecule has 3 aromatic carbocycles. The maximum absolute atomic E-state index is 13.2. The second-order valence-corrected chi connectivity index (χ2v) is 9.35. The number of rotatable bonds is 6. The highest BCUT2D eigenvalue weighted by atomic mass is 32.2. The smallest absolute Gasteiger partial charge is 0.237 e. The molecule has 0 radical (unpaired) electrons. The molecule has 0 spiro atoms. The lowest BCUT2D eigenvalue weighted by atomic mass is 10.0. The molecule has 0 fully saturated rings. The molecule has 5 nitrogen and oxygen atoms in total. The zero-order valence-electron chi connectivity index (χ0n) is 19.4. The number of anilines is 1. The lowest BCUT2D eigenvalue weighted by Crippen LogP contribution is -2.36. The molecule has 0 N–H and O–H groups in total. The van der Waals surface area contributed by atoms with Crippen LogP contribution < -0.4 is 9.64 Å². The highest BCUT2D eigenvalue weighted by Crippen LogP contribution is 2.31. The van der Waals surface area contributed by atoms with E-state index in [-0.39, 0.29) is 5.91 Å². The van der Waals surface area contributed by atoms with Crippen molar-refractivity contribution < 1.29 is 9.53 Å². The molecular weight excluding hydrogens is 442 g/mol. The maximum atomic E-state index is 13.2. The van der Waals surface area contributed by atoms with E-state index in [2.05, 4.69) is 41.8 Å². The normalized spacial score (nSPS) is 12.9. The van der Waals surface area contributed by atoms with Crippen LogP contribution in [-0.4, -0.2) is 34.9 Å². The Morgan fingerprint density at radius 2 is 1.79 bits per heavy atom. The minimum Gasteiger partial charge on any atom is -0.497 e. The lowest BCUT2D eigenvalue weighted by Gasteiger charge is -2.29. The lowest BCUT2D eigenvalue weighted by molar-refractivity contribution is -0.116. The fourth-order valence-electron chi connectivity index (χ4n) is 4.25. The van der Waals surface area contributed by atoms with Gasteiger partial charge in [0.1, 0.15) is 5.75 Å². The molecule has 0 saturated carbocycles. The number of nitrogens with zero attached hydrogens (tertiary/aromatic N) is 3. The van der Waals surface area contributed by atoms with Gasteiger partial charge in [0, 0.05) is 29.7 Å². The molecule has 0 bridgehead atoms. The Morgan fingerprint density at radius 3 is 2.56 bits per heavy atom. The molecule has 34 heavy (non-hydrogen) atoms. The van der Waals surface area contributed by atoms with Gasteiger partial charge in [-0.1, -0.05) is 59.8 Å². The van der Waals surface area contributed by atoms with Gasteiger partial charge in [0.05, 0.1) is 18.6 Å². The quantitative estimate of drug-likeness (QED) is 0.329. The molecule has 6 heteroatoms. The highest BCUT2D eigenvalue weighted by molar-refractivity contribution is 7.99. The summed E-state index contributed by atoms with van der Waals surface area (Å²) >= 11 is 1.48. The van der Waals surface area contributed by atoms with Gasteiger partial charge in [-0.05, 0) is 55.7 Å². The van der Waals surface area contributed by atoms with Crippen molar-refractivity contribution in [1.82, 2.24) is 9.55 Å². The van der Waals surface area contributed by atoms with Gasteiger partial charge in [-0.25, -0.2) is 4.98 Å². The van der Waals surface area contributed by atoms with Crippen LogP contribution in [-0.2, 0) is 11.2 Å². The van der Waals surface area contributed by atoms with Crippen molar-refractivity contribution in [2.45, 2.75) is 24.9 Å². The molecule has 1 aromatic heterocycles. The van der Waals surface area contributed by atoms with Gasteiger partial charge in [0.2, 0.25) is 5.91 Å². The summed E-state index contributed by atoms with van der Waals surface area (Å²) in [5, 5.41) is 0.791. The first-order chi connectivity index (χ1) is 16.6.